The van der Waals surface area contributed by atoms with E-state index in [0.717, 1.165) is 42.6 Å². The highest BCUT2D eigenvalue weighted by atomic mass is 16.2. The average Bonchev–Trinajstić information content (AvgIpc) is 3.12. The van der Waals surface area contributed by atoms with Gasteiger partial charge in [0.05, 0.1) is 38.3 Å². The summed E-state index contributed by atoms with van der Waals surface area (Å²) in [6, 6.07) is 20.9. The first kappa shape index (κ1) is 20.4. The number of rotatable bonds is 4. The molecule has 3 aromatic rings. The van der Waals surface area contributed by atoms with Crippen molar-refractivity contribution >= 4 is 39.7 Å². The predicted octanol–water partition coefficient (Wildman–Crippen LogP) is 2.08. The zero-order chi connectivity index (χ0) is 22.2. The molecule has 1 N–H and O–H groups in total. The molecule has 0 radical (unpaired) electrons. The first-order valence-corrected chi connectivity index (χ1v) is 11.1. The summed E-state index contributed by atoms with van der Waals surface area (Å²) < 4.78 is 0. The summed E-state index contributed by atoms with van der Waals surface area (Å²) in [7, 11) is 0. The quantitative estimate of drug-likeness (QED) is 0.511. The number of quaternary nitrogens is 1. The van der Waals surface area contributed by atoms with E-state index in [4.69, 9.17) is 0 Å². The lowest BCUT2D eigenvalue weighted by molar-refractivity contribution is -0.915. The van der Waals surface area contributed by atoms with Gasteiger partial charge < -0.3 is 9.80 Å². The van der Waals surface area contributed by atoms with Gasteiger partial charge in [-0.05, 0) is 42.6 Å². The Morgan fingerprint density at radius 2 is 1.59 bits per heavy atom. The van der Waals surface area contributed by atoms with Gasteiger partial charge in [-0.15, -0.1) is 0 Å². The second-order valence-electron chi connectivity index (χ2n) is 8.57. The molecule has 32 heavy (non-hydrogen) atoms. The minimum Gasteiger partial charge on any atom is -0.360 e. The molecule has 3 aromatic carbocycles. The maximum Gasteiger partial charge on any atom is 0.292 e. The first-order chi connectivity index (χ1) is 15.5. The number of amides is 2. The Bertz CT molecular complexity index is 1190. The minimum atomic E-state index is -0.330. The number of piperazine rings is 1. The third kappa shape index (κ3) is 3.56. The van der Waals surface area contributed by atoms with Gasteiger partial charge in [0, 0.05) is 16.6 Å². The van der Waals surface area contributed by atoms with Crippen molar-refractivity contribution in [2.24, 2.45) is 0 Å². The third-order valence-electron chi connectivity index (χ3n) is 6.69. The molecule has 2 heterocycles. The van der Waals surface area contributed by atoms with E-state index in [1.165, 1.54) is 9.80 Å². The van der Waals surface area contributed by atoms with E-state index >= 15 is 0 Å². The molecule has 6 nitrogen and oxygen atoms in total. The van der Waals surface area contributed by atoms with Crippen LogP contribution in [0, 0.1) is 0 Å². The van der Waals surface area contributed by atoms with Crippen LogP contribution in [-0.2, 0) is 9.59 Å². The van der Waals surface area contributed by atoms with E-state index < -0.39 is 0 Å². The van der Waals surface area contributed by atoms with Gasteiger partial charge in [0.25, 0.3) is 5.91 Å². The molecule has 2 amide bonds. The second-order valence-corrected chi connectivity index (χ2v) is 8.57. The number of hydrogen-bond donors (Lipinski definition) is 1. The van der Waals surface area contributed by atoms with Crippen LogP contribution in [0.1, 0.15) is 23.7 Å². The van der Waals surface area contributed by atoms with Gasteiger partial charge in [-0.3, -0.25) is 14.4 Å². The van der Waals surface area contributed by atoms with E-state index in [2.05, 4.69) is 4.90 Å². The van der Waals surface area contributed by atoms with Crippen LogP contribution >= 0.6 is 0 Å². The van der Waals surface area contributed by atoms with Crippen molar-refractivity contribution in [3.8, 4) is 0 Å². The van der Waals surface area contributed by atoms with Crippen molar-refractivity contribution in [1.29, 1.82) is 0 Å². The molecule has 2 fully saturated rings. The number of carbonyl (C=O) groups excluding carboxylic acids is 3. The number of nitrogens with zero attached hydrogens (tertiary/aromatic N) is 2. The highest BCUT2D eigenvalue weighted by Gasteiger charge is 2.46. The summed E-state index contributed by atoms with van der Waals surface area (Å²) in [4.78, 5) is 42.6. The largest absolute Gasteiger partial charge is 0.360 e. The van der Waals surface area contributed by atoms with Gasteiger partial charge >= 0.3 is 0 Å². The molecule has 0 unspecified atom stereocenters. The monoisotopic (exact) mass is 428 g/mol. The molecular weight excluding hydrogens is 402 g/mol. The van der Waals surface area contributed by atoms with Gasteiger partial charge in [0.2, 0.25) is 5.91 Å². The molecule has 0 aliphatic carbocycles. The van der Waals surface area contributed by atoms with E-state index in [9.17, 15) is 14.4 Å². The van der Waals surface area contributed by atoms with Crippen LogP contribution in [0.3, 0.4) is 0 Å². The highest BCUT2D eigenvalue weighted by molar-refractivity contribution is 6.24. The van der Waals surface area contributed by atoms with Crippen LogP contribution in [-0.4, -0.2) is 49.8 Å². The van der Waals surface area contributed by atoms with Gasteiger partial charge in [-0.2, -0.15) is 0 Å². The maximum atomic E-state index is 13.4. The molecule has 1 atom stereocenters. The topological polar surface area (TPSA) is 62.1 Å². The van der Waals surface area contributed by atoms with Crippen LogP contribution in [0.5, 0.6) is 0 Å². The lowest BCUT2D eigenvalue weighted by atomic mass is 10.1. The predicted molar refractivity (Wildman–Crippen MR) is 124 cm³/mol. The Hall–Kier alpha value is -3.51. The summed E-state index contributed by atoms with van der Waals surface area (Å²) in [6.45, 7) is 4.77. The van der Waals surface area contributed by atoms with Gasteiger partial charge in [0.1, 0.15) is 0 Å². The van der Waals surface area contributed by atoms with Crippen LogP contribution < -0.4 is 14.7 Å². The molecule has 2 aliphatic heterocycles. The molecule has 2 aliphatic rings. The number of imide groups is 1. The summed E-state index contributed by atoms with van der Waals surface area (Å²) in [6.07, 6.45) is 0.255. The Balaban J connectivity index is 1.30. The normalized spacial score (nSPS) is 19.7. The van der Waals surface area contributed by atoms with Crippen molar-refractivity contribution in [3.63, 3.8) is 0 Å². The van der Waals surface area contributed by atoms with E-state index in [-0.39, 0.29) is 30.1 Å². The zero-order valence-corrected chi connectivity index (χ0v) is 18.1. The lowest BCUT2D eigenvalue weighted by Gasteiger charge is -2.35. The number of nitrogens with one attached hydrogen (secondary N) is 1. The fourth-order valence-corrected chi connectivity index (χ4v) is 4.91. The number of ketones is 1. The Kier molecular flexibility index (Phi) is 5.23. The van der Waals surface area contributed by atoms with Crippen LogP contribution in [0.15, 0.2) is 66.7 Å². The Labute approximate surface area is 187 Å². The summed E-state index contributed by atoms with van der Waals surface area (Å²) in [5.74, 6) is -0.155. The van der Waals surface area contributed by atoms with E-state index in [1.807, 2.05) is 66.7 Å². The maximum absolute atomic E-state index is 13.4. The standard InChI is InChI=1S/C26H25N3O3/c1-18(30)19-9-11-21(12-10-19)27-13-15-28(16-14-27)24-17-25(31)29(26(24)32)23-8-4-6-20-5-2-3-7-22(20)23/h2-12,24H,13-17H2,1H3/p+1/t24-/m0/s1. The van der Waals surface area contributed by atoms with Gasteiger partial charge in [-0.25, -0.2) is 4.90 Å². The summed E-state index contributed by atoms with van der Waals surface area (Å²) in [5.41, 5.74) is 2.48. The fraction of sp³-hybridized carbons (Fsp3) is 0.269. The molecule has 6 heteroatoms. The van der Waals surface area contributed by atoms with E-state index in [0.29, 0.717) is 11.3 Å². The summed E-state index contributed by atoms with van der Waals surface area (Å²) >= 11 is 0. The smallest absolute Gasteiger partial charge is 0.292 e. The van der Waals surface area contributed by atoms with Gasteiger partial charge in [0.15, 0.2) is 11.8 Å². The number of hydrogen-bond acceptors (Lipinski definition) is 4. The molecule has 0 aromatic heterocycles. The number of anilines is 2. The number of carbonyl (C=O) groups is 3. The fourth-order valence-electron chi connectivity index (χ4n) is 4.91. The Morgan fingerprint density at radius 3 is 2.31 bits per heavy atom. The van der Waals surface area contributed by atoms with Crippen molar-refractivity contribution in [2.75, 3.05) is 36.0 Å². The van der Waals surface area contributed by atoms with Crippen molar-refractivity contribution < 1.29 is 19.3 Å². The molecule has 0 bridgehead atoms. The highest BCUT2D eigenvalue weighted by Crippen LogP contribution is 2.30. The molecule has 0 spiro atoms. The van der Waals surface area contributed by atoms with Gasteiger partial charge in [-0.1, -0.05) is 36.4 Å². The summed E-state index contributed by atoms with van der Waals surface area (Å²) in [5, 5.41) is 1.94. The third-order valence-corrected chi connectivity index (χ3v) is 6.69. The van der Waals surface area contributed by atoms with Crippen molar-refractivity contribution in [3.05, 3.63) is 72.3 Å². The van der Waals surface area contributed by atoms with Crippen molar-refractivity contribution in [1.82, 2.24) is 0 Å². The average molecular weight is 429 g/mol. The molecule has 0 saturated carbocycles. The number of fused-ring (bicyclic) bond motifs is 1. The molecular formula is C26H26N3O3+. The van der Waals surface area contributed by atoms with Crippen LogP contribution in [0.25, 0.3) is 10.8 Å². The van der Waals surface area contributed by atoms with E-state index in [1.54, 1.807) is 6.92 Å². The Morgan fingerprint density at radius 1 is 0.906 bits per heavy atom. The molecule has 162 valence electrons. The second kappa shape index (κ2) is 8.20. The molecule has 2 saturated heterocycles. The SMILES string of the molecule is CC(=O)c1ccc(N2CC[NH+]([C@H]3CC(=O)N(c4cccc5ccccc45)C3=O)CC2)cc1. The minimum absolute atomic E-state index is 0.0611. The first-order valence-electron chi connectivity index (χ1n) is 11.1. The van der Waals surface area contributed by atoms with Crippen molar-refractivity contribution in [2.45, 2.75) is 19.4 Å². The zero-order valence-electron chi connectivity index (χ0n) is 18.1. The van der Waals surface area contributed by atoms with Crippen LogP contribution in [0.4, 0.5) is 11.4 Å². The lowest BCUT2D eigenvalue weighted by Crippen LogP contribution is -3.19. The molecule has 5 rings (SSSR count). The number of Topliss-reactive ketones (excluding diaryl/α,β-unsaturated/α-hetero) is 1. The number of benzene rings is 3. The van der Waals surface area contributed by atoms with Crippen LogP contribution in [0.2, 0.25) is 0 Å².